The predicted octanol–water partition coefficient (Wildman–Crippen LogP) is 4.52. The molecule has 0 saturated heterocycles. The lowest BCUT2D eigenvalue weighted by molar-refractivity contribution is 0.600. The highest BCUT2D eigenvalue weighted by atomic mass is 79.9. The maximum absolute atomic E-state index is 12.5. The van der Waals surface area contributed by atoms with Gasteiger partial charge in [-0.2, -0.15) is 0 Å². The van der Waals surface area contributed by atoms with Gasteiger partial charge in [0.25, 0.3) is 10.0 Å². The number of halogens is 2. The lowest BCUT2D eigenvalue weighted by atomic mass is 10.2. The number of rotatable bonds is 3. The summed E-state index contributed by atoms with van der Waals surface area (Å²) in [7, 11) is -3.66. The summed E-state index contributed by atoms with van der Waals surface area (Å²) in [4.78, 5) is 0.248. The molecular formula is C14H13BrClNO2S. The first-order valence-corrected chi connectivity index (χ1v) is 8.51. The van der Waals surface area contributed by atoms with Crippen molar-refractivity contribution >= 4 is 43.2 Å². The van der Waals surface area contributed by atoms with Crippen molar-refractivity contribution < 1.29 is 8.42 Å². The van der Waals surface area contributed by atoms with E-state index in [2.05, 4.69) is 20.7 Å². The molecule has 0 aromatic heterocycles. The van der Waals surface area contributed by atoms with Crippen molar-refractivity contribution in [3.8, 4) is 0 Å². The van der Waals surface area contributed by atoms with Gasteiger partial charge in [0, 0.05) is 4.47 Å². The topological polar surface area (TPSA) is 46.2 Å². The molecule has 0 radical (unpaired) electrons. The molecule has 0 amide bonds. The standard InChI is InChI=1S/C14H13BrClNO2S/c1-9-8-14(10(2)7-11(9)15)20(18,19)17-13-6-4-3-5-12(13)16/h3-8,17H,1-2H3. The third-order valence-electron chi connectivity index (χ3n) is 2.86. The first-order valence-electron chi connectivity index (χ1n) is 5.85. The summed E-state index contributed by atoms with van der Waals surface area (Å²) >= 11 is 9.37. The van der Waals surface area contributed by atoms with Crippen LogP contribution in [0, 0.1) is 13.8 Å². The fourth-order valence-electron chi connectivity index (χ4n) is 1.79. The minimum atomic E-state index is -3.66. The van der Waals surface area contributed by atoms with E-state index in [1.54, 1.807) is 43.3 Å². The van der Waals surface area contributed by atoms with Gasteiger partial charge >= 0.3 is 0 Å². The monoisotopic (exact) mass is 373 g/mol. The molecule has 20 heavy (non-hydrogen) atoms. The first kappa shape index (κ1) is 15.4. The highest BCUT2D eigenvalue weighted by molar-refractivity contribution is 9.10. The van der Waals surface area contributed by atoms with Crippen LogP contribution in [0.2, 0.25) is 5.02 Å². The van der Waals surface area contributed by atoms with Crippen molar-refractivity contribution in [2.45, 2.75) is 18.7 Å². The Morgan fingerprint density at radius 1 is 1.10 bits per heavy atom. The molecule has 0 atom stereocenters. The van der Waals surface area contributed by atoms with Crippen LogP contribution < -0.4 is 4.72 Å². The van der Waals surface area contributed by atoms with Gasteiger partial charge in [-0.25, -0.2) is 8.42 Å². The number of sulfonamides is 1. The molecule has 0 saturated carbocycles. The molecule has 0 heterocycles. The summed E-state index contributed by atoms with van der Waals surface area (Å²) in [5.41, 5.74) is 1.89. The molecule has 106 valence electrons. The molecule has 0 unspecified atom stereocenters. The van der Waals surface area contributed by atoms with Gasteiger partial charge in [0.05, 0.1) is 15.6 Å². The molecule has 0 aliphatic heterocycles. The second kappa shape index (κ2) is 5.76. The van der Waals surface area contributed by atoms with Crippen LogP contribution in [-0.2, 0) is 10.0 Å². The highest BCUT2D eigenvalue weighted by Gasteiger charge is 2.19. The molecule has 6 heteroatoms. The van der Waals surface area contributed by atoms with Gasteiger partial charge in [-0.05, 0) is 49.2 Å². The van der Waals surface area contributed by atoms with Gasteiger partial charge in [0.2, 0.25) is 0 Å². The van der Waals surface area contributed by atoms with Crippen molar-refractivity contribution in [2.24, 2.45) is 0 Å². The van der Waals surface area contributed by atoms with E-state index in [1.807, 2.05) is 6.92 Å². The van der Waals surface area contributed by atoms with Crippen molar-refractivity contribution in [3.05, 3.63) is 57.0 Å². The zero-order valence-corrected chi connectivity index (χ0v) is 14.1. The van der Waals surface area contributed by atoms with Crippen LogP contribution in [0.1, 0.15) is 11.1 Å². The van der Waals surface area contributed by atoms with E-state index in [4.69, 9.17) is 11.6 Å². The average Bonchev–Trinajstić information content (AvgIpc) is 2.36. The Labute approximate surface area is 132 Å². The normalized spacial score (nSPS) is 11.4. The molecular weight excluding hydrogens is 362 g/mol. The molecule has 1 N–H and O–H groups in total. The van der Waals surface area contributed by atoms with E-state index in [0.717, 1.165) is 10.0 Å². The molecule has 2 aromatic carbocycles. The number of anilines is 1. The van der Waals surface area contributed by atoms with Crippen molar-refractivity contribution in [2.75, 3.05) is 4.72 Å². The van der Waals surface area contributed by atoms with Crippen LogP contribution in [-0.4, -0.2) is 8.42 Å². The number of hydrogen-bond donors (Lipinski definition) is 1. The largest absolute Gasteiger partial charge is 0.278 e. The van der Waals surface area contributed by atoms with Gasteiger partial charge in [-0.15, -0.1) is 0 Å². The summed E-state index contributed by atoms with van der Waals surface area (Å²) in [6.45, 7) is 3.60. The van der Waals surface area contributed by atoms with Crippen LogP contribution in [0.4, 0.5) is 5.69 Å². The first-order chi connectivity index (χ1) is 9.31. The smallest absolute Gasteiger partial charge is 0.262 e. The molecule has 0 bridgehead atoms. The maximum Gasteiger partial charge on any atom is 0.262 e. The molecule has 0 aliphatic carbocycles. The van der Waals surface area contributed by atoms with E-state index in [1.165, 1.54) is 0 Å². The summed E-state index contributed by atoms with van der Waals surface area (Å²) in [6.07, 6.45) is 0. The van der Waals surface area contributed by atoms with Gasteiger partial charge in [-0.1, -0.05) is 39.7 Å². The van der Waals surface area contributed by atoms with Crippen molar-refractivity contribution in [1.82, 2.24) is 0 Å². The van der Waals surface area contributed by atoms with E-state index in [-0.39, 0.29) is 4.90 Å². The van der Waals surface area contributed by atoms with E-state index < -0.39 is 10.0 Å². The average molecular weight is 375 g/mol. The van der Waals surface area contributed by atoms with E-state index in [9.17, 15) is 8.42 Å². The lowest BCUT2D eigenvalue weighted by Gasteiger charge is -2.13. The Bertz CT molecular complexity index is 760. The lowest BCUT2D eigenvalue weighted by Crippen LogP contribution is -2.14. The number of hydrogen-bond acceptors (Lipinski definition) is 2. The SMILES string of the molecule is Cc1cc(S(=O)(=O)Nc2ccccc2Cl)c(C)cc1Br. The molecule has 3 nitrogen and oxygen atoms in total. The maximum atomic E-state index is 12.5. The van der Waals surface area contributed by atoms with E-state index in [0.29, 0.717) is 16.3 Å². The summed E-state index contributed by atoms with van der Waals surface area (Å²) in [5.74, 6) is 0. The zero-order valence-electron chi connectivity index (χ0n) is 10.9. The molecule has 2 aromatic rings. The molecule has 0 fully saturated rings. The Kier molecular flexibility index (Phi) is 4.42. The fraction of sp³-hybridized carbons (Fsp3) is 0.143. The van der Waals surface area contributed by atoms with Gasteiger partial charge in [-0.3, -0.25) is 4.72 Å². The minimum Gasteiger partial charge on any atom is -0.278 e. The van der Waals surface area contributed by atoms with Crippen LogP contribution in [0.5, 0.6) is 0 Å². The predicted molar refractivity (Wildman–Crippen MR) is 85.9 cm³/mol. The van der Waals surface area contributed by atoms with Crippen LogP contribution >= 0.6 is 27.5 Å². The van der Waals surface area contributed by atoms with Crippen molar-refractivity contribution in [1.29, 1.82) is 0 Å². The van der Waals surface area contributed by atoms with Crippen molar-refractivity contribution in [3.63, 3.8) is 0 Å². The fourth-order valence-corrected chi connectivity index (χ4v) is 3.88. The number of para-hydroxylation sites is 1. The number of nitrogens with one attached hydrogen (secondary N) is 1. The minimum absolute atomic E-state index is 0.248. The molecule has 0 spiro atoms. The third kappa shape index (κ3) is 3.16. The summed E-state index contributed by atoms with van der Waals surface area (Å²) in [5, 5.41) is 0.363. The van der Waals surface area contributed by atoms with Crippen LogP contribution in [0.15, 0.2) is 45.8 Å². The summed E-state index contributed by atoms with van der Waals surface area (Å²) < 4.78 is 28.3. The van der Waals surface area contributed by atoms with E-state index >= 15 is 0 Å². The van der Waals surface area contributed by atoms with Gasteiger partial charge in [0.1, 0.15) is 0 Å². The zero-order chi connectivity index (χ0) is 14.9. The molecule has 2 rings (SSSR count). The quantitative estimate of drug-likeness (QED) is 0.858. The Morgan fingerprint density at radius 2 is 1.75 bits per heavy atom. The molecule has 0 aliphatic rings. The number of benzene rings is 2. The Hall–Kier alpha value is -1.04. The second-order valence-electron chi connectivity index (χ2n) is 4.45. The highest BCUT2D eigenvalue weighted by Crippen LogP contribution is 2.28. The Balaban J connectivity index is 2.47. The third-order valence-corrected chi connectivity index (χ3v) is 5.56. The van der Waals surface area contributed by atoms with Crippen LogP contribution in [0.25, 0.3) is 0 Å². The summed E-state index contributed by atoms with van der Waals surface area (Å²) in [6, 6.07) is 10.2. The second-order valence-corrected chi connectivity index (χ2v) is 7.36. The number of aryl methyl sites for hydroxylation is 2. The van der Waals surface area contributed by atoms with Crippen LogP contribution in [0.3, 0.4) is 0 Å². The van der Waals surface area contributed by atoms with Gasteiger partial charge < -0.3 is 0 Å². The Morgan fingerprint density at radius 3 is 2.40 bits per heavy atom. The van der Waals surface area contributed by atoms with Gasteiger partial charge in [0.15, 0.2) is 0 Å².